The third-order valence-electron chi connectivity index (χ3n) is 3.98. The van der Waals surface area contributed by atoms with Gasteiger partial charge in [-0.05, 0) is 0 Å². The molecule has 114 valence electrons. The molecule has 0 aromatic heterocycles. The molecule has 0 spiro atoms. The zero-order valence-electron chi connectivity index (χ0n) is 13.2. The minimum Gasteiger partial charge on any atom is -1.00 e. The third kappa shape index (κ3) is 4.99. The summed E-state index contributed by atoms with van der Waals surface area (Å²) in [6, 6.07) is 7.05. The van der Waals surface area contributed by atoms with E-state index in [1.807, 2.05) is 0 Å². The van der Waals surface area contributed by atoms with Gasteiger partial charge >= 0.3 is 124 Å². The largest absolute Gasteiger partial charge is 1.00 e. The maximum Gasteiger partial charge on any atom is -1.00 e. The van der Waals surface area contributed by atoms with E-state index in [0.717, 1.165) is 6.42 Å². The van der Waals surface area contributed by atoms with Gasteiger partial charge in [0, 0.05) is 0 Å². The van der Waals surface area contributed by atoms with Gasteiger partial charge in [-0.25, -0.2) is 0 Å². The fraction of sp³-hybridized carbons (Fsp3) is 0.375. The van der Waals surface area contributed by atoms with Crippen molar-refractivity contribution in [1.82, 2.24) is 0 Å². The van der Waals surface area contributed by atoms with Gasteiger partial charge in [-0.3, -0.25) is 0 Å². The van der Waals surface area contributed by atoms with E-state index in [0.29, 0.717) is 0 Å². The van der Waals surface area contributed by atoms with Crippen LogP contribution < -0.4 is 42.4 Å². The van der Waals surface area contributed by atoms with Crippen LogP contribution in [0, 0.1) is 13.8 Å². The van der Waals surface area contributed by atoms with Crippen LogP contribution in [0.5, 0.6) is 0 Å². The molecule has 0 fully saturated rings. The van der Waals surface area contributed by atoms with Crippen LogP contribution >= 0.6 is 0 Å². The van der Waals surface area contributed by atoms with Crippen LogP contribution in [-0.4, -0.2) is 8.07 Å². The number of halogens is 3. The second-order valence-corrected chi connectivity index (χ2v) is 11.2. The van der Waals surface area contributed by atoms with Gasteiger partial charge in [-0.15, -0.1) is 0 Å². The molecule has 1 aromatic carbocycles. The molecule has 2 rings (SSSR count). The molecule has 0 radical (unpaired) electrons. The molecule has 1 aliphatic carbocycles. The van der Waals surface area contributed by atoms with Crippen molar-refractivity contribution in [2.75, 3.05) is 0 Å². The number of rotatable bonds is 2. The molecule has 0 aliphatic heterocycles. The molecule has 21 heavy (non-hydrogen) atoms. The molecular formula is C16H21Cl3SiTi. The van der Waals surface area contributed by atoms with Gasteiger partial charge in [0.25, 0.3) is 0 Å². The molecule has 0 heterocycles. The molecule has 5 heteroatoms. The van der Waals surface area contributed by atoms with E-state index in [1.165, 1.54) is 11.1 Å². The van der Waals surface area contributed by atoms with Crippen LogP contribution in [-0.2, 0) is 20.4 Å². The molecule has 0 saturated heterocycles. The Hall–Kier alpha value is 0.501. The standard InChI is InChI=1S/C16H21Si.3ClH.Ti/c1-12-9-13(2)11-15(10-12)17(4,5)16-8-6-7-14(16)3;;;;/h8-11H,6H2,1-5H3;3*1H;/q;;;;+3/p-3. The van der Waals surface area contributed by atoms with E-state index in [9.17, 15) is 0 Å². The number of allylic oxidation sites excluding steroid dienone is 4. The van der Waals surface area contributed by atoms with Gasteiger partial charge in [-0.1, -0.05) is 0 Å². The second kappa shape index (κ2) is 8.96. The Bertz CT molecular complexity index is 542. The summed E-state index contributed by atoms with van der Waals surface area (Å²) in [5.41, 5.74) is 4.33. The van der Waals surface area contributed by atoms with Crippen LogP contribution in [0.3, 0.4) is 0 Å². The normalized spacial score (nSPS) is 14.0. The molecule has 0 N–H and O–H groups in total. The van der Waals surface area contributed by atoms with E-state index in [1.54, 1.807) is 19.8 Å². The smallest absolute Gasteiger partial charge is 1.00 e. The van der Waals surface area contributed by atoms with E-state index < -0.39 is 8.07 Å². The second-order valence-electron chi connectivity index (χ2n) is 5.93. The van der Waals surface area contributed by atoms with Gasteiger partial charge < -0.3 is 37.2 Å². The third-order valence-corrected chi connectivity index (χ3v) is 8.55. The molecule has 0 unspecified atom stereocenters. The minimum absolute atomic E-state index is 0. The molecule has 0 nitrogen and oxygen atoms in total. The van der Waals surface area contributed by atoms with Gasteiger partial charge in [0.15, 0.2) is 0 Å². The first-order valence-corrected chi connectivity index (χ1v) is 10.3. The Morgan fingerprint density at radius 2 is 1.38 bits per heavy atom. The Kier molecular flexibility index (Phi) is 10.1. The topological polar surface area (TPSA) is 0 Å². The van der Waals surface area contributed by atoms with Crippen LogP contribution in [0.1, 0.15) is 24.5 Å². The maximum atomic E-state index is 2.48. The van der Waals surface area contributed by atoms with Crippen molar-refractivity contribution in [1.29, 1.82) is 0 Å². The van der Waals surface area contributed by atoms with E-state index in [2.05, 4.69) is 78.6 Å². The van der Waals surface area contributed by atoms with Crippen molar-refractivity contribution >= 4 is 13.3 Å². The summed E-state index contributed by atoms with van der Waals surface area (Å²) >= 11 is 2.27. The van der Waals surface area contributed by atoms with E-state index in [4.69, 9.17) is 0 Å². The zero-order chi connectivity index (χ0) is 13.5. The fourth-order valence-electron chi connectivity index (χ4n) is 2.89. The van der Waals surface area contributed by atoms with Gasteiger partial charge in [-0.2, -0.15) is 0 Å². The summed E-state index contributed by atoms with van der Waals surface area (Å²) in [6.45, 7) is 11.7. The van der Waals surface area contributed by atoms with Crippen molar-refractivity contribution in [3.63, 3.8) is 0 Å². The first-order chi connectivity index (χ1) is 8.32. The molecule has 0 bridgehead atoms. The minimum atomic E-state index is -1.51. The van der Waals surface area contributed by atoms with E-state index >= 15 is 0 Å². The Morgan fingerprint density at radius 1 is 0.905 bits per heavy atom. The number of benzene rings is 1. The molecule has 1 aliphatic rings. The molecule has 0 amide bonds. The van der Waals surface area contributed by atoms with Crippen molar-refractivity contribution in [3.8, 4) is 0 Å². The molecular weight excluding hydrogens is 374 g/mol. The molecule has 1 aromatic rings. The SMILES string of the molecule is CC1=[C]([Ti+3])CC=C1[Si](C)(C)c1cc(C)cc(C)c1.[Cl-].[Cl-].[Cl-]. The van der Waals surface area contributed by atoms with Crippen LogP contribution in [0.4, 0.5) is 0 Å². The van der Waals surface area contributed by atoms with Crippen LogP contribution in [0.2, 0.25) is 13.1 Å². The zero-order valence-corrected chi connectivity index (χ0v) is 18.0. The van der Waals surface area contributed by atoms with Crippen LogP contribution in [0.15, 0.2) is 38.9 Å². The quantitative estimate of drug-likeness (QED) is 0.440. The summed E-state index contributed by atoms with van der Waals surface area (Å²) in [4.78, 5) is 0. The first-order valence-electron chi connectivity index (χ1n) is 6.53. The summed E-state index contributed by atoms with van der Waals surface area (Å²) in [5, 5.41) is 3.21. The average molecular weight is 396 g/mol. The Labute approximate surface area is 160 Å². The van der Waals surface area contributed by atoms with Crippen molar-refractivity contribution in [2.45, 2.75) is 40.3 Å². The average Bonchev–Trinajstić information content (AvgIpc) is 2.58. The van der Waals surface area contributed by atoms with Gasteiger partial charge in [0.2, 0.25) is 0 Å². The monoisotopic (exact) mass is 394 g/mol. The fourth-order valence-corrected chi connectivity index (χ4v) is 6.64. The van der Waals surface area contributed by atoms with Gasteiger partial charge in [0.1, 0.15) is 0 Å². The molecule has 0 atom stereocenters. The Balaban J connectivity index is 0. The van der Waals surface area contributed by atoms with Crippen molar-refractivity contribution < 1.29 is 57.7 Å². The predicted molar refractivity (Wildman–Crippen MR) is 78.4 cm³/mol. The number of hydrogen-bond acceptors (Lipinski definition) is 0. The first kappa shape index (κ1) is 23.8. The number of aryl methyl sites for hydroxylation is 2. The Morgan fingerprint density at radius 3 is 1.76 bits per heavy atom. The van der Waals surface area contributed by atoms with Crippen molar-refractivity contribution in [3.05, 3.63) is 50.0 Å². The number of hydrogen-bond donors (Lipinski definition) is 0. The predicted octanol–water partition coefficient (Wildman–Crippen LogP) is -5.08. The van der Waals surface area contributed by atoms with E-state index in [-0.39, 0.29) is 37.2 Å². The summed E-state index contributed by atoms with van der Waals surface area (Å²) in [6.07, 6.45) is 3.62. The molecule has 0 saturated carbocycles. The summed E-state index contributed by atoms with van der Waals surface area (Å²) in [5.74, 6) is 0. The summed E-state index contributed by atoms with van der Waals surface area (Å²) < 4.78 is 1.55. The summed E-state index contributed by atoms with van der Waals surface area (Å²) in [7, 11) is -1.51. The van der Waals surface area contributed by atoms with Crippen LogP contribution in [0.25, 0.3) is 0 Å². The van der Waals surface area contributed by atoms with Crippen molar-refractivity contribution in [2.24, 2.45) is 0 Å². The van der Waals surface area contributed by atoms with Gasteiger partial charge in [0.05, 0.1) is 0 Å². The maximum absolute atomic E-state index is 2.48.